The Morgan fingerprint density at radius 2 is 2.35 bits per heavy atom. The van der Waals surface area contributed by atoms with Crippen molar-refractivity contribution in [2.24, 2.45) is 0 Å². The van der Waals surface area contributed by atoms with Gasteiger partial charge in [0.15, 0.2) is 11.6 Å². The van der Waals surface area contributed by atoms with E-state index in [4.69, 9.17) is 0 Å². The van der Waals surface area contributed by atoms with Gasteiger partial charge in [0.2, 0.25) is 0 Å². The molecule has 0 saturated carbocycles. The van der Waals surface area contributed by atoms with Crippen LogP contribution in [0.1, 0.15) is 49.4 Å². The van der Waals surface area contributed by atoms with Gasteiger partial charge >= 0.3 is 0 Å². The van der Waals surface area contributed by atoms with Crippen LogP contribution in [-0.2, 0) is 0 Å². The van der Waals surface area contributed by atoms with Crippen molar-refractivity contribution >= 4 is 11.7 Å². The number of piperidine rings is 1. The minimum Gasteiger partial charge on any atom is -0.371 e. The van der Waals surface area contributed by atoms with Gasteiger partial charge in [0.05, 0.1) is 5.56 Å². The fraction of sp³-hybridized carbons (Fsp3) is 0.600. The first-order chi connectivity index (χ1) is 9.69. The van der Waals surface area contributed by atoms with Gasteiger partial charge in [0, 0.05) is 25.8 Å². The average Bonchev–Trinajstić information content (AvgIpc) is 2.48. The molecule has 110 valence electrons. The molecule has 1 fully saturated rings. The maximum atomic E-state index is 14.2. The Morgan fingerprint density at radius 3 is 3.05 bits per heavy atom. The quantitative estimate of drug-likeness (QED) is 0.921. The van der Waals surface area contributed by atoms with Crippen LogP contribution in [0.2, 0.25) is 0 Å². The molecule has 1 aromatic heterocycles. The summed E-state index contributed by atoms with van der Waals surface area (Å²) in [6.07, 6.45) is 6.66. The zero-order valence-corrected chi connectivity index (χ0v) is 12.2. The van der Waals surface area contributed by atoms with Crippen molar-refractivity contribution < 1.29 is 9.18 Å². The van der Waals surface area contributed by atoms with E-state index in [1.54, 1.807) is 7.05 Å². The number of rotatable bonds is 4. The third-order valence-electron chi connectivity index (χ3n) is 3.87. The molecular formula is C15H22FN3O. The highest BCUT2D eigenvalue weighted by molar-refractivity contribution is 5.95. The van der Waals surface area contributed by atoms with E-state index < -0.39 is 5.82 Å². The molecule has 4 nitrogen and oxygen atoms in total. The fourth-order valence-corrected chi connectivity index (χ4v) is 2.84. The molecule has 1 aliphatic heterocycles. The maximum Gasteiger partial charge on any atom is 0.257 e. The van der Waals surface area contributed by atoms with Crippen LogP contribution in [0.4, 0.5) is 10.2 Å². The van der Waals surface area contributed by atoms with Crippen molar-refractivity contribution in [1.29, 1.82) is 0 Å². The fourth-order valence-electron chi connectivity index (χ4n) is 2.84. The van der Waals surface area contributed by atoms with Crippen LogP contribution < -0.4 is 5.32 Å². The van der Waals surface area contributed by atoms with E-state index in [0.717, 1.165) is 38.6 Å². The summed E-state index contributed by atoms with van der Waals surface area (Å²) in [5.74, 6) is -0.639. The number of nitrogens with one attached hydrogen (secondary N) is 1. The van der Waals surface area contributed by atoms with E-state index in [-0.39, 0.29) is 23.3 Å². The number of hydrogen-bond donors (Lipinski definition) is 1. The lowest BCUT2D eigenvalue weighted by atomic mass is 9.97. The van der Waals surface area contributed by atoms with Crippen LogP contribution in [0.3, 0.4) is 0 Å². The highest BCUT2D eigenvalue weighted by atomic mass is 19.1. The number of anilines is 1. The normalized spacial score (nSPS) is 18.9. The summed E-state index contributed by atoms with van der Waals surface area (Å²) in [5.41, 5.74) is 0.118. The SMILES string of the molecule is CCCC1CCCCN1C(=O)c1ccnc(NC)c1F. The number of aromatic nitrogens is 1. The lowest BCUT2D eigenvalue weighted by Crippen LogP contribution is -2.44. The molecule has 0 bridgehead atoms. The third-order valence-corrected chi connectivity index (χ3v) is 3.87. The third kappa shape index (κ3) is 2.92. The smallest absolute Gasteiger partial charge is 0.257 e. The number of likely N-dealkylation sites (tertiary alicyclic amines) is 1. The van der Waals surface area contributed by atoms with Gasteiger partial charge in [-0.1, -0.05) is 13.3 Å². The molecule has 1 aliphatic rings. The summed E-state index contributed by atoms with van der Waals surface area (Å²) in [6.45, 7) is 2.84. The highest BCUT2D eigenvalue weighted by Gasteiger charge is 2.29. The Labute approximate surface area is 119 Å². The van der Waals surface area contributed by atoms with Crippen LogP contribution in [0.5, 0.6) is 0 Å². The molecule has 2 rings (SSSR count). The van der Waals surface area contributed by atoms with Gasteiger partial charge in [-0.25, -0.2) is 9.37 Å². The van der Waals surface area contributed by atoms with Crippen LogP contribution in [-0.4, -0.2) is 35.4 Å². The summed E-state index contributed by atoms with van der Waals surface area (Å²) in [7, 11) is 1.60. The van der Waals surface area contributed by atoms with Gasteiger partial charge in [0.1, 0.15) is 0 Å². The minimum atomic E-state index is -0.555. The number of pyridine rings is 1. The number of halogens is 1. The summed E-state index contributed by atoms with van der Waals surface area (Å²) in [6, 6.07) is 1.71. The zero-order valence-electron chi connectivity index (χ0n) is 12.2. The second kappa shape index (κ2) is 6.68. The molecule has 0 aliphatic carbocycles. The molecule has 1 atom stereocenters. The molecular weight excluding hydrogens is 257 g/mol. The molecule has 2 heterocycles. The molecule has 20 heavy (non-hydrogen) atoms. The lowest BCUT2D eigenvalue weighted by molar-refractivity contribution is 0.0596. The van der Waals surface area contributed by atoms with Crippen molar-refractivity contribution in [3.05, 3.63) is 23.6 Å². The first kappa shape index (κ1) is 14.8. The summed E-state index contributed by atoms with van der Waals surface area (Å²) < 4.78 is 14.2. The summed E-state index contributed by atoms with van der Waals surface area (Å²) in [5, 5.41) is 2.67. The highest BCUT2D eigenvalue weighted by Crippen LogP contribution is 2.24. The first-order valence-corrected chi connectivity index (χ1v) is 7.32. The van der Waals surface area contributed by atoms with Crippen LogP contribution in [0, 0.1) is 5.82 Å². The number of nitrogens with zero attached hydrogens (tertiary/aromatic N) is 2. The molecule has 1 saturated heterocycles. The van der Waals surface area contributed by atoms with E-state index in [9.17, 15) is 9.18 Å². The van der Waals surface area contributed by atoms with E-state index in [1.165, 1.54) is 12.3 Å². The van der Waals surface area contributed by atoms with E-state index in [2.05, 4.69) is 17.2 Å². The largest absolute Gasteiger partial charge is 0.371 e. The van der Waals surface area contributed by atoms with E-state index >= 15 is 0 Å². The van der Waals surface area contributed by atoms with E-state index in [1.807, 2.05) is 4.90 Å². The molecule has 1 N–H and O–H groups in total. The molecule has 1 amide bonds. The second-order valence-electron chi connectivity index (χ2n) is 5.21. The summed E-state index contributed by atoms with van der Waals surface area (Å²) >= 11 is 0. The lowest BCUT2D eigenvalue weighted by Gasteiger charge is -2.36. The topological polar surface area (TPSA) is 45.2 Å². The number of carbonyl (C=O) groups is 1. The van der Waals surface area contributed by atoms with Crippen molar-refractivity contribution in [3.8, 4) is 0 Å². The van der Waals surface area contributed by atoms with Crippen molar-refractivity contribution in [2.45, 2.75) is 45.1 Å². The molecule has 0 aromatic carbocycles. The van der Waals surface area contributed by atoms with Gasteiger partial charge in [-0.3, -0.25) is 4.79 Å². The number of carbonyl (C=O) groups excluding carboxylic acids is 1. The van der Waals surface area contributed by atoms with Crippen molar-refractivity contribution in [2.75, 3.05) is 18.9 Å². The standard InChI is InChI=1S/C15H22FN3O/c1-3-6-11-7-4-5-10-19(11)15(20)12-8-9-18-14(17-2)13(12)16/h8-9,11H,3-7,10H2,1-2H3,(H,17,18). The Kier molecular flexibility index (Phi) is 4.93. The first-order valence-electron chi connectivity index (χ1n) is 7.32. The van der Waals surface area contributed by atoms with Crippen LogP contribution in [0.15, 0.2) is 12.3 Å². The average molecular weight is 279 g/mol. The van der Waals surface area contributed by atoms with Crippen LogP contribution in [0.25, 0.3) is 0 Å². The van der Waals surface area contributed by atoms with Crippen molar-refractivity contribution in [1.82, 2.24) is 9.88 Å². The Balaban J connectivity index is 2.25. The van der Waals surface area contributed by atoms with Crippen LogP contribution >= 0.6 is 0 Å². The zero-order chi connectivity index (χ0) is 14.5. The maximum absolute atomic E-state index is 14.2. The van der Waals surface area contributed by atoms with Gasteiger partial charge in [-0.05, 0) is 31.7 Å². The van der Waals surface area contributed by atoms with E-state index in [0.29, 0.717) is 0 Å². The predicted octanol–water partition coefficient (Wildman–Crippen LogP) is 3.06. The van der Waals surface area contributed by atoms with Gasteiger partial charge < -0.3 is 10.2 Å². The Bertz CT molecular complexity index is 476. The molecule has 5 heteroatoms. The van der Waals surface area contributed by atoms with Crippen molar-refractivity contribution in [3.63, 3.8) is 0 Å². The molecule has 0 radical (unpaired) electrons. The number of hydrogen-bond acceptors (Lipinski definition) is 3. The molecule has 1 aromatic rings. The number of amides is 1. The van der Waals surface area contributed by atoms with Gasteiger partial charge in [-0.15, -0.1) is 0 Å². The molecule has 1 unspecified atom stereocenters. The second-order valence-corrected chi connectivity index (χ2v) is 5.21. The monoisotopic (exact) mass is 279 g/mol. The van der Waals surface area contributed by atoms with Gasteiger partial charge in [0.25, 0.3) is 5.91 Å². The summed E-state index contributed by atoms with van der Waals surface area (Å²) in [4.78, 5) is 18.3. The molecule has 0 spiro atoms. The Morgan fingerprint density at radius 1 is 1.55 bits per heavy atom. The van der Waals surface area contributed by atoms with Gasteiger partial charge in [-0.2, -0.15) is 0 Å². The Hall–Kier alpha value is -1.65. The predicted molar refractivity (Wildman–Crippen MR) is 77.3 cm³/mol. The minimum absolute atomic E-state index is 0.118.